The van der Waals surface area contributed by atoms with Gasteiger partial charge in [-0.3, -0.25) is 9.59 Å². The molecule has 4 nitrogen and oxygen atoms in total. The standard InChI is InChI=1S/C20H18ClNO3/c1-12-3-8-18-17(9-12)16(13(2)20(24)25)10-19(23)22(18)11-14-4-6-15(21)7-5-14/h3-10,13H,11H2,1-2H3,(H,24,25). The summed E-state index contributed by atoms with van der Waals surface area (Å²) in [6.45, 7) is 3.95. The van der Waals surface area contributed by atoms with Crippen LogP contribution in [-0.2, 0) is 11.3 Å². The van der Waals surface area contributed by atoms with Crippen molar-refractivity contribution in [2.75, 3.05) is 0 Å². The quantitative estimate of drug-likeness (QED) is 0.763. The van der Waals surface area contributed by atoms with E-state index in [1.807, 2.05) is 37.3 Å². The molecule has 1 aromatic heterocycles. The minimum absolute atomic E-state index is 0.214. The first-order chi connectivity index (χ1) is 11.9. The molecule has 1 unspecified atom stereocenters. The number of pyridine rings is 1. The molecule has 1 atom stereocenters. The molecule has 3 aromatic rings. The molecule has 0 bridgehead atoms. The maximum absolute atomic E-state index is 12.7. The molecule has 2 aromatic carbocycles. The largest absolute Gasteiger partial charge is 0.481 e. The summed E-state index contributed by atoms with van der Waals surface area (Å²) < 4.78 is 1.66. The highest BCUT2D eigenvalue weighted by Gasteiger charge is 2.19. The Morgan fingerprint density at radius 1 is 1.16 bits per heavy atom. The van der Waals surface area contributed by atoms with E-state index < -0.39 is 11.9 Å². The average molecular weight is 356 g/mol. The lowest BCUT2D eigenvalue weighted by atomic mass is 9.96. The van der Waals surface area contributed by atoms with Crippen molar-refractivity contribution in [3.8, 4) is 0 Å². The summed E-state index contributed by atoms with van der Waals surface area (Å²) in [5.41, 5.74) is 3.03. The van der Waals surface area contributed by atoms with Crippen LogP contribution in [0.4, 0.5) is 0 Å². The Hall–Kier alpha value is -2.59. The van der Waals surface area contributed by atoms with Gasteiger partial charge in [0.25, 0.3) is 5.56 Å². The molecule has 5 heteroatoms. The molecule has 0 saturated carbocycles. The summed E-state index contributed by atoms with van der Waals surface area (Å²) in [4.78, 5) is 24.1. The highest BCUT2D eigenvalue weighted by Crippen LogP contribution is 2.26. The van der Waals surface area contributed by atoms with Gasteiger partial charge in [0.1, 0.15) is 0 Å². The second-order valence-electron chi connectivity index (χ2n) is 6.23. The zero-order chi connectivity index (χ0) is 18.1. The van der Waals surface area contributed by atoms with Crippen molar-refractivity contribution < 1.29 is 9.90 Å². The number of aliphatic carboxylic acids is 1. The van der Waals surface area contributed by atoms with E-state index in [-0.39, 0.29) is 5.56 Å². The van der Waals surface area contributed by atoms with E-state index in [0.29, 0.717) is 17.1 Å². The number of carboxylic acid groups (broad SMARTS) is 1. The van der Waals surface area contributed by atoms with Crippen LogP contribution in [0, 0.1) is 6.92 Å². The monoisotopic (exact) mass is 355 g/mol. The summed E-state index contributed by atoms with van der Waals surface area (Å²) in [5.74, 6) is -1.69. The topological polar surface area (TPSA) is 59.3 Å². The van der Waals surface area contributed by atoms with Gasteiger partial charge in [-0.2, -0.15) is 0 Å². The molecule has 1 heterocycles. The first kappa shape index (κ1) is 17.2. The zero-order valence-electron chi connectivity index (χ0n) is 14.0. The molecule has 0 aliphatic carbocycles. The van der Waals surface area contributed by atoms with Crippen LogP contribution in [0.1, 0.15) is 29.5 Å². The van der Waals surface area contributed by atoms with Crippen LogP contribution in [0.25, 0.3) is 10.9 Å². The van der Waals surface area contributed by atoms with E-state index in [4.69, 9.17) is 11.6 Å². The first-order valence-electron chi connectivity index (χ1n) is 7.98. The number of hydrogen-bond donors (Lipinski definition) is 1. The zero-order valence-corrected chi connectivity index (χ0v) is 14.7. The van der Waals surface area contributed by atoms with Gasteiger partial charge in [-0.15, -0.1) is 0 Å². The number of aryl methyl sites for hydroxylation is 1. The third-order valence-corrected chi connectivity index (χ3v) is 4.64. The summed E-state index contributed by atoms with van der Waals surface area (Å²) >= 11 is 5.92. The number of nitrogens with zero attached hydrogens (tertiary/aromatic N) is 1. The van der Waals surface area contributed by atoms with Gasteiger partial charge in [0.05, 0.1) is 18.0 Å². The van der Waals surface area contributed by atoms with Crippen molar-refractivity contribution in [1.82, 2.24) is 4.57 Å². The Labute approximate surface area is 150 Å². The number of rotatable bonds is 4. The fourth-order valence-electron chi connectivity index (χ4n) is 2.95. The highest BCUT2D eigenvalue weighted by atomic mass is 35.5. The maximum Gasteiger partial charge on any atom is 0.310 e. The van der Waals surface area contributed by atoms with E-state index in [2.05, 4.69) is 0 Å². The average Bonchev–Trinajstić information content (AvgIpc) is 2.58. The van der Waals surface area contributed by atoms with Gasteiger partial charge in [0.2, 0.25) is 0 Å². The summed E-state index contributed by atoms with van der Waals surface area (Å²) in [7, 11) is 0. The predicted octanol–water partition coefficient (Wildman–Crippen LogP) is 4.20. The minimum atomic E-state index is -0.947. The van der Waals surface area contributed by atoms with E-state index in [1.54, 1.807) is 23.6 Å². The molecule has 0 fully saturated rings. The number of hydrogen-bond acceptors (Lipinski definition) is 2. The molecular formula is C20H18ClNO3. The fraction of sp³-hybridized carbons (Fsp3) is 0.200. The van der Waals surface area contributed by atoms with E-state index in [0.717, 1.165) is 22.0 Å². The Kier molecular flexibility index (Phi) is 4.64. The van der Waals surface area contributed by atoms with Crippen molar-refractivity contribution in [3.63, 3.8) is 0 Å². The van der Waals surface area contributed by atoms with Crippen LogP contribution in [0.3, 0.4) is 0 Å². The third-order valence-electron chi connectivity index (χ3n) is 4.39. The van der Waals surface area contributed by atoms with E-state index in [1.165, 1.54) is 6.07 Å². The van der Waals surface area contributed by atoms with Crippen LogP contribution in [0.2, 0.25) is 5.02 Å². The second-order valence-corrected chi connectivity index (χ2v) is 6.67. The molecule has 0 saturated heterocycles. The Morgan fingerprint density at radius 2 is 1.84 bits per heavy atom. The minimum Gasteiger partial charge on any atom is -0.481 e. The lowest BCUT2D eigenvalue weighted by molar-refractivity contribution is -0.138. The molecule has 128 valence electrons. The normalized spacial score (nSPS) is 12.3. The van der Waals surface area contributed by atoms with Gasteiger partial charge >= 0.3 is 5.97 Å². The van der Waals surface area contributed by atoms with Gasteiger partial charge in [-0.05, 0) is 49.2 Å². The lowest BCUT2D eigenvalue weighted by Gasteiger charge is -2.16. The molecule has 0 spiro atoms. The molecule has 0 radical (unpaired) electrons. The molecule has 0 aliphatic rings. The van der Waals surface area contributed by atoms with Crippen LogP contribution in [0.5, 0.6) is 0 Å². The first-order valence-corrected chi connectivity index (χ1v) is 8.36. The number of fused-ring (bicyclic) bond motifs is 1. The molecule has 0 aliphatic heterocycles. The van der Waals surface area contributed by atoms with Gasteiger partial charge < -0.3 is 9.67 Å². The SMILES string of the molecule is Cc1ccc2c(c1)c(C(C)C(=O)O)cc(=O)n2Cc1ccc(Cl)cc1. The molecule has 25 heavy (non-hydrogen) atoms. The summed E-state index contributed by atoms with van der Waals surface area (Å²) in [5, 5.41) is 10.8. The number of benzene rings is 2. The van der Waals surface area contributed by atoms with E-state index in [9.17, 15) is 14.7 Å². The Bertz CT molecular complexity index is 1010. The number of halogens is 1. The molecule has 1 N–H and O–H groups in total. The Balaban J connectivity index is 2.21. The number of carbonyl (C=O) groups is 1. The Morgan fingerprint density at radius 3 is 2.48 bits per heavy atom. The van der Waals surface area contributed by atoms with Crippen LogP contribution < -0.4 is 5.56 Å². The van der Waals surface area contributed by atoms with Crippen molar-refractivity contribution in [2.45, 2.75) is 26.3 Å². The van der Waals surface area contributed by atoms with Crippen molar-refractivity contribution >= 4 is 28.5 Å². The van der Waals surface area contributed by atoms with Crippen LogP contribution >= 0.6 is 11.6 Å². The van der Waals surface area contributed by atoms with Crippen molar-refractivity contribution in [2.24, 2.45) is 0 Å². The van der Waals surface area contributed by atoms with Gasteiger partial charge in [0.15, 0.2) is 0 Å². The number of aromatic nitrogens is 1. The van der Waals surface area contributed by atoms with Gasteiger partial charge in [-0.25, -0.2) is 0 Å². The lowest BCUT2D eigenvalue weighted by Crippen LogP contribution is -2.23. The third kappa shape index (κ3) is 3.44. The number of carboxylic acids is 1. The second kappa shape index (κ2) is 6.73. The summed E-state index contributed by atoms with van der Waals surface area (Å²) in [6, 6.07) is 14.5. The van der Waals surface area contributed by atoms with Crippen molar-refractivity contribution in [1.29, 1.82) is 0 Å². The van der Waals surface area contributed by atoms with Crippen LogP contribution in [0.15, 0.2) is 53.3 Å². The molecule has 3 rings (SSSR count). The van der Waals surface area contributed by atoms with Gasteiger partial charge in [0, 0.05) is 16.5 Å². The van der Waals surface area contributed by atoms with E-state index >= 15 is 0 Å². The van der Waals surface area contributed by atoms with Crippen LogP contribution in [-0.4, -0.2) is 15.6 Å². The molecule has 0 amide bonds. The smallest absolute Gasteiger partial charge is 0.310 e. The predicted molar refractivity (Wildman–Crippen MR) is 99.5 cm³/mol. The highest BCUT2D eigenvalue weighted by molar-refractivity contribution is 6.30. The van der Waals surface area contributed by atoms with Gasteiger partial charge in [-0.1, -0.05) is 35.4 Å². The summed E-state index contributed by atoms with van der Waals surface area (Å²) in [6.07, 6.45) is 0. The maximum atomic E-state index is 12.7. The van der Waals surface area contributed by atoms with Crippen molar-refractivity contribution in [3.05, 3.63) is 80.6 Å². The fourth-order valence-corrected chi connectivity index (χ4v) is 3.08. The molecular weight excluding hydrogens is 338 g/mol.